The van der Waals surface area contributed by atoms with Crippen LogP contribution in [0.25, 0.3) is 0 Å². The van der Waals surface area contributed by atoms with Crippen LogP contribution in [0.4, 0.5) is 5.69 Å². The number of primary sulfonamides is 1. The summed E-state index contributed by atoms with van der Waals surface area (Å²) in [4.78, 5) is 13.9. The number of amides is 1. The molecular weight excluding hydrogens is 280 g/mol. The molecule has 0 saturated carbocycles. The van der Waals surface area contributed by atoms with Gasteiger partial charge in [0.05, 0.1) is 4.90 Å². The fourth-order valence-electron chi connectivity index (χ4n) is 2.24. The Kier molecular flexibility index (Phi) is 4.26. The van der Waals surface area contributed by atoms with Crippen LogP contribution in [-0.4, -0.2) is 47.0 Å². The number of hydrogen-bond acceptors (Lipinski definition) is 5. The number of benzene rings is 1. The molecule has 1 amide bonds. The van der Waals surface area contributed by atoms with Gasteiger partial charge in [0, 0.05) is 32.4 Å². The number of rotatable bonds is 3. The highest BCUT2D eigenvalue weighted by molar-refractivity contribution is 7.89. The lowest BCUT2D eigenvalue weighted by Gasteiger charge is -2.36. The van der Waals surface area contributed by atoms with Crippen LogP contribution in [0.15, 0.2) is 29.2 Å². The Morgan fingerprint density at radius 3 is 2.60 bits per heavy atom. The van der Waals surface area contributed by atoms with Crippen molar-refractivity contribution < 1.29 is 13.2 Å². The Morgan fingerprint density at radius 2 is 2.05 bits per heavy atom. The summed E-state index contributed by atoms with van der Waals surface area (Å²) in [5.74, 6) is -0.0762. The first-order valence-corrected chi connectivity index (χ1v) is 7.80. The highest BCUT2D eigenvalue weighted by Gasteiger charge is 2.28. The smallest absolute Gasteiger partial charge is 0.243 e. The molecule has 0 aromatic heterocycles. The van der Waals surface area contributed by atoms with Crippen molar-refractivity contribution >= 4 is 21.6 Å². The van der Waals surface area contributed by atoms with Gasteiger partial charge in [0.2, 0.25) is 15.9 Å². The molecule has 110 valence electrons. The predicted molar refractivity (Wildman–Crippen MR) is 75.9 cm³/mol. The third-order valence-electron chi connectivity index (χ3n) is 3.29. The molecule has 0 spiro atoms. The number of carbonyl (C=O) groups is 1. The minimum atomic E-state index is -3.69. The highest BCUT2D eigenvalue weighted by Crippen LogP contribution is 2.20. The second-order valence-electron chi connectivity index (χ2n) is 4.57. The zero-order valence-electron chi connectivity index (χ0n) is 11.2. The molecule has 1 aromatic carbocycles. The van der Waals surface area contributed by atoms with Crippen molar-refractivity contribution in [3.63, 3.8) is 0 Å². The summed E-state index contributed by atoms with van der Waals surface area (Å²) in [5, 5.41) is 10.9. The number of carbonyl (C=O) groups excluding carboxylic acids is 1. The lowest BCUT2D eigenvalue weighted by molar-refractivity contribution is -0.122. The predicted octanol–water partition coefficient (Wildman–Crippen LogP) is -1.14. The largest absolute Gasteiger partial charge is 0.357 e. The van der Waals surface area contributed by atoms with E-state index in [1.165, 1.54) is 12.1 Å². The fraction of sp³-hybridized carbons (Fsp3) is 0.417. The normalized spacial score (nSPS) is 19.7. The van der Waals surface area contributed by atoms with Crippen LogP contribution in [0.3, 0.4) is 0 Å². The minimum absolute atomic E-state index is 0.0628. The van der Waals surface area contributed by atoms with E-state index in [-0.39, 0.29) is 16.8 Å². The van der Waals surface area contributed by atoms with Crippen molar-refractivity contribution in [2.24, 2.45) is 5.14 Å². The number of piperazine rings is 1. The summed E-state index contributed by atoms with van der Waals surface area (Å²) in [7, 11) is -2.10. The van der Waals surface area contributed by atoms with Gasteiger partial charge in [-0.2, -0.15) is 0 Å². The van der Waals surface area contributed by atoms with Crippen molar-refractivity contribution in [2.45, 2.75) is 10.9 Å². The maximum absolute atomic E-state index is 11.9. The average molecular weight is 298 g/mol. The molecular formula is C12H18N4O3S. The summed E-state index contributed by atoms with van der Waals surface area (Å²) >= 11 is 0. The molecule has 1 heterocycles. The Balaban J connectivity index is 2.26. The van der Waals surface area contributed by atoms with E-state index in [0.717, 1.165) is 12.2 Å². The van der Waals surface area contributed by atoms with Gasteiger partial charge in [-0.3, -0.25) is 4.79 Å². The van der Waals surface area contributed by atoms with Gasteiger partial charge >= 0.3 is 0 Å². The summed E-state index contributed by atoms with van der Waals surface area (Å²) < 4.78 is 22.5. The molecule has 0 aliphatic carbocycles. The van der Waals surface area contributed by atoms with E-state index in [1.54, 1.807) is 19.2 Å². The number of nitrogens with one attached hydrogen (secondary N) is 2. The maximum atomic E-state index is 11.9. The average Bonchev–Trinajstić information content (AvgIpc) is 2.45. The van der Waals surface area contributed by atoms with Crippen LogP contribution in [-0.2, 0) is 14.8 Å². The number of anilines is 1. The quantitative estimate of drug-likeness (QED) is 0.654. The Morgan fingerprint density at radius 1 is 1.40 bits per heavy atom. The van der Waals surface area contributed by atoms with Crippen molar-refractivity contribution in [1.29, 1.82) is 0 Å². The van der Waals surface area contributed by atoms with Crippen LogP contribution in [0.5, 0.6) is 0 Å². The topological polar surface area (TPSA) is 105 Å². The van der Waals surface area contributed by atoms with Gasteiger partial charge in [0.25, 0.3) is 0 Å². The van der Waals surface area contributed by atoms with Gasteiger partial charge in [-0.05, 0) is 24.3 Å². The summed E-state index contributed by atoms with van der Waals surface area (Å²) in [5.41, 5.74) is 0.799. The molecule has 1 aliphatic rings. The Hall–Kier alpha value is -1.64. The van der Waals surface area contributed by atoms with Crippen LogP contribution >= 0.6 is 0 Å². The van der Waals surface area contributed by atoms with Gasteiger partial charge in [0.1, 0.15) is 6.04 Å². The van der Waals surface area contributed by atoms with Crippen molar-refractivity contribution in [1.82, 2.24) is 10.6 Å². The van der Waals surface area contributed by atoms with Gasteiger partial charge in [-0.15, -0.1) is 0 Å². The van der Waals surface area contributed by atoms with Gasteiger partial charge in [0.15, 0.2) is 0 Å². The van der Waals surface area contributed by atoms with Crippen molar-refractivity contribution in [3.8, 4) is 0 Å². The number of sulfonamides is 1. The SMILES string of the molecule is CNC(=O)C1CNCCN1c1ccc(S(N)(=O)=O)cc1. The molecule has 20 heavy (non-hydrogen) atoms. The van der Waals surface area contributed by atoms with Gasteiger partial charge in [-0.1, -0.05) is 0 Å². The summed E-state index contributed by atoms with van der Waals surface area (Å²) in [6.45, 7) is 1.99. The molecule has 1 unspecified atom stereocenters. The van der Waals surface area contributed by atoms with Crippen LogP contribution < -0.4 is 20.7 Å². The number of likely N-dealkylation sites (N-methyl/N-ethyl adjacent to an activating group) is 1. The first-order chi connectivity index (χ1) is 9.43. The third kappa shape index (κ3) is 3.09. The summed E-state index contributed by atoms with van der Waals surface area (Å²) in [6, 6.07) is 5.93. The summed E-state index contributed by atoms with van der Waals surface area (Å²) in [6.07, 6.45) is 0. The van der Waals surface area contributed by atoms with Gasteiger partial charge < -0.3 is 15.5 Å². The molecule has 1 atom stereocenters. The van der Waals surface area contributed by atoms with Crippen LogP contribution in [0, 0.1) is 0 Å². The van der Waals surface area contributed by atoms with Crippen LogP contribution in [0.2, 0.25) is 0 Å². The van der Waals surface area contributed by atoms with E-state index in [0.29, 0.717) is 13.1 Å². The molecule has 0 bridgehead atoms. The lowest BCUT2D eigenvalue weighted by Crippen LogP contribution is -2.57. The third-order valence-corrected chi connectivity index (χ3v) is 4.22. The van der Waals surface area contributed by atoms with Crippen molar-refractivity contribution in [2.75, 3.05) is 31.6 Å². The van der Waals surface area contributed by atoms with E-state index in [2.05, 4.69) is 10.6 Å². The molecule has 1 fully saturated rings. The number of nitrogens with two attached hydrogens (primary N) is 1. The number of nitrogens with zero attached hydrogens (tertiary/aromatic N) is 1. The first-order valence-electron chi connectivity index (χ1n) is 6.25. The molecule has 7 nitrogen and oxygen atoms in total. The zero-order valence-corrected chi connectivity index (χ0v) is 12.0. The van der Waals surface area contributed by atoms with Crippen molar-refractivity contribution in [3.05, 3.63) is 24.3 Å². The maximum Gasteiger partial charge on any atom is 0.243 e. The van der Waals surface area contributed by atoms with E-state index in [1.807, 2.05) is 4.90 Å². The van der Waals surface area contributed by atoms with E-state index >= 15 is 0 Å². The standard InChI is InChI=1S/C12H18N4O3S/c1-14-12(17)11-8-15-6-7-16(11)9-2-4-10(5-3-9)20(13,18)19/h2-5,11,15H,6-8H2,1H3,(H,14,17)(H2,13,18,19). The molecule has 2 rings (SSSR count). The first kappa shape index (κ1) is 14.8. The minimum Gasteiger partial charge on any atom is -0.357 e. The second-order valence-corrected chi connectivity index (χ2v) is 6.13. The number of hydrogen-bond donors (Lipinski definition) is 3. The molecule has 0 radical (unpaired) electrons. The Bertz CT molecular complexity index is 585. The van der Waals surface area contributed by atoms with Crippen LogP contribution in [0.1, 0.15) is 0 Å². The van der Waals surface area contributed by atoms with E-state index in [4.69, 9.17) is 5.14 Å². The van der Waals surface area contributed by atoms with E-state index < -0.39 is 10.0 Å². The highest BCUT2D eigenvalue weighted by atomic mass is 32.2. The molecule has 1 aliphatic heterocycles. The fourth-order valence-corrected chi connectivity index (χ4v) is 2.76. The Labute approximate surface area is 118 Å². The molecule has 4 N–H and O–H groups in total. The molecule has 8 heteroatoms. The second kappa shape index (κ2) is 5.78. The monoisotopic (exact) mass is 298 g/mol. The molecule has 1 aromatic rings. The van der Waals surface area contributed by atoms with E-state index in [9.17, 15) is 13.2 Å². The lowest BCUT2D eigenvalue weighted by atomic mass is 10.1. The molecule has 1 saturated heterocycles. The van der Waals surface area contributed by atoms with Gasteiger partial charge in [-0.25, -0.2) is 13.6 Å². The zero-order chi connectivity index (χ0) is 14.8.